The minimum Gasteiger partial charge on any atom is -0.370 e. The van der Waals surface area contributed by atoms with E-state index in [0.29, 0.717) is 6.10 Å². The van der Waals surface area contributed by atoms with Crippen molar-refractivity contribution in [1.29, 1.82) is 0 Å². The number of aromatic nitrogens is 1. The second kappa shape index (κ2) is 3.88. The molecule has 3 rings (SSSR count). The summed E-state index contributed by atoms with van der Waals surface area (Å²) in [4.78, 5) is 0. The highest BCUT2D eigenvalue weighted by atomic mass is 16.5. The average Bonchev–Trinajstić information content (AvgIpc) is 2.84. The normalized spacial score (nSPS) is 23.3. The Labute approximate surface area is 102 Å². The van der Waals surface area contributed by atoms with Crippen molar-refractivity contribution in [1.82, 2.24) is 4.57 Å². The Balaban J connectivity index is 1.82. The predicted molar refractivity (Wildman–Crippen MR) is 70.1 cm³/mol. The zero-order valence-corrected chi connectivity index (χ0v) is 10.5. The van der Waals surface area contributed by atoms with E-state index in [1.807, 2.05) is 0 Å². The molecule has 1 unspecified atom stereocenters. The molecule has 17 heavy (non-hydrogen) atoms. The first-order chi connectivity index (χ1) is 8.14. The maximum absolute atomic E-state index is 6.05. The highest BCUT2D eigenvalue weighted by Gasteiger charge is 2.31. The number of fused-ring (bicyclic) bond motifs is 1. The van der Waals surface area contributed by atoms with Gasteiger partial charge in [-0.15, -0.1) is 0 Å². The van der Waals surface area contributed by atoms with Crippen LogP contribution >= 0.6 is 0 Å². The van der Waals surface area contributed by atoms with Crippen LogP contribution in [0.3, 0.4) is 0 Å². The first-order valence-electron chi connectivity index (χ1n) is 6.36. The molecule has 1 atom stereocenters. The number of rotatable bonds is 2. The fraction of sp³-hybridized carbons (Fsp3) is 0.467. The van der Waals surface area contributed by atoms with E-state index in [1.165, 1.54) is 17.3 Å². The third-order valence-corrected chi connectivity index (χ3v) is 3.63. The van der Waals surface area contributed by atoms with Crippen LogP contribution in [-0.4, -0.2) is 16.3 Å². The van der Waals surface area contributed by atoms with Crippen molar-refractivity contribution in [3.05, 3.63) is 36.5 Å². The Morgan fingerprint density at radius 2 is 2.12 bits per heavy atom. The zero-order valence-electron chi connectivity index (χ0n) is 10.5. The van der Waals surface area contributed by atoms with E-state index in [1.54, 1.807) is 0 Å². The van der Waals surface area contributed by atoms with Crippen LogP contribution in [0.2, 0.25) is 0 Å². The summed E-state index contributed by atoms with van der Waals surface area (Å²) in [5.41, 5.74) is 1.37. The fourth-order valence-corrected chi connectivity index (χ4v) is 2.73. The van der Waals surface area contributed by atoms with Gasteiger partial charge in [0, 0.05) is 18.3 Å². The highest BCUT2D eigenvalue weighted by molar-refractivity contribution is 5.79. The molecule has 90 valence electrons. The van der Waals surface area contributed by atoms with Crippen LogP contribution < -0.4 is 0 Å². The molecule has 2 heterocycles. The van der Waals surface area contributed by atoms with Crippen LogP contribution in [0.5, 0.6) is 0 Å². The van der Waals surface area contributed by atoms with Gasteiger partial charge in [-0.25, -0.2) is 0 Å². The third-order valence-electron chi connectivity index (χ3n) is 3.63. The Bertz CT molecular complexity index is 526. The molecule has 1 aliphatic rings. The van der Waals surface area contributed by atoms with Crippen molar-refractivity contribution >= 4 is 10.9 Å². The van der Waals surface area contributed by atoms with Crippen molar-refractivity contribution in [2.75, 3.05) is 0 Å². The number of para-hydroxylation sites is 1. The molecular formula is C15H19NO. The van der Waals surface area contributed by atoms with E-state index in [-0.39, 0.29) is 5.60 Å². The number of ether oxygens (including phenoxy) is 1. The second-order valence-corrected chi connectivity index (χ2v) is 5.57. The van der Waals surface area contributed by atoms with Crippen molar-refractivity contribution in [3.8, 4) is 0 Å². The molecule has 0 saturated carbocycles. The monoisotopic (exact) mass is 229 g/mol. The summed E-state index contributed by atoms with van der Waals surface area (Å²) in [5, 5.41) is 1.31. The Morgan fingerprint density at radius 3 is 2.88 bits per heavy atom. The maximum Gasteiger partial charge on any atom is 0.0762 e. The summed E-state index contributed by atoms with van der Waals surface area (Å²) in [5.74, 6) is 0. The predicted octanol–water partition coefficient (Wildman–Crippen LogP) is 3.60. The largest absolute Gasteiger partial charge is 0.370 e. The van der Waals surface area contributed by atoms with Gasteiger partial charge in [0.05, 0.1) is 11.7 Å². The lowest BCUT2D eigenvalue weighted by molar-refractivity contribution is -0.0212. The Kier molecular flexibility index (Phi) is 2.48. The fourth-order valence-electron chi connectivity index (χ4n) is 2.73. The summed E-state index contributed by atoms with van der Waals surface area (Å²) >= 11 is 0. The molecule has 1 saturated heterocycles. The topological polar surface area (TPSA) is 14.2 Å². The van der Waals surface area contributed by atoms with Gasteiger partial charge in [-0.05, 0) is 44.2 Å². The molecule has 0 N–H and O–H groups in total. The maximum atomic E-state index is 6.05. The molecule has 1 aromatic heterocycles. The number of hydrogen-bond acceptors (Lipinski definition) is 1. The van der Waals surface area contributed by atoms with Gasteiger partial charge in [0.1, 0.15) is 0 Å². The van der Waals surface area contributed by atoms with Crippen LogP contribution in [0.25, 0.3) is 10.9 Å². The molecule has 1 aromatic carbocycles. The summed E-state index contributed by atoms with van der Waals surface area (Å²) in [7, 11) is 0. The minimum atomic E-state index is 0.0631. The first kappa shape index (κ1) is 10.8. The van der Waals surface area contributed by atoms with Crippen molar-refractivity contribution in [3.63, 3.8) is 0 Å². The van der Waals surface area contributed by atoms with Crippen LogP contribution in [0, 0.1) is 0 Å². The number of nitrogens with zero attached hydrogens (tertiary/aromatic N) is 1. The molecule has 1 aliphatic heterocycles. The molecule has 0 aliphatic carbocycles. The Morgan fingerprint density at radius 1 is 1.29 bits per heavy atom. The molecule has 1 fully saturated rings. The lowest BCUT2D eigenvalue weighted by atomic mass is 10.1. The van der Waals surface area contributed by atoms with E-state index in [4.69, 9.17) is 4.74 Å². The van der Waals surface area contributed by atoms with E-state index < -0.39 is 0 Å². The second-order valence-electron chi connectivity index (χ2n) is 5.57. The summed E-state index contributed by atoms with van der Waals surface area (Å²) < 4.78 is 8.36. The zero-order chi connectivity index (χ0) is 11.9. The quantitative estimate of drug-likeness (QED) is 0.767. The lowest BCUT2D eigenvalue weighted by Gasteiger charge is -2.19. The molecule has 2 nitrogen and oxygen atoms in total. The summed E-state index contributed by atoms with van der Waals surface area (Å²) in [6.45, 7) is 5.33. The van der Waals surface area contributed by atoms with Gasteiger partial charge in [-0.3, -0.25) is 0 Å². The summed E-state index contributed by atoms with van der Waals surface area (Å²) in [6.07, 6.45) is 4.86. The van der Waals surface area contributed by atoms with E-state index in [9.17, 15) is 0 Å². The van der Waals surface area contributed by atoms with Gasteiger partial charge in [0.2, 0.25) is 0 Å². The van der Waals surface area contributed by atoms with E-state index in [2.05, 4.69) is 54.9 Å². The minimum absolute atomic E-state index is 0.0631. The van der Waals surface area contributed by atoms with Gasteiger partial charge in [-0.1, -0.05) is 18.2 Å². The first-order valence-corrected chi connectivity index (χ1v) is 6.36. The Hall–Kier alpha value is -1.28. The molecule has 0 amide bonds. The SMILES string of the molecule is CC1(C)CCC(Cn2ccc3ccccc32)O1. The van der Waals surface area contributed by atoms with Gasteiger partial charge in [0.15, 0.2) is 0 Å². The molecular weight excluding hydrogens is 210 g/mol. The van der Waals surface area contributed by atoms with Gasteiger partial charge in [0.25, 0.3) is 0 Å². The summed E-state index contributed by atoms with van der Waals surface area (Å²) in [6, 6.07) is 10.7. The van der Waals surface area contributed by atoms with Crippen LogP contribution in [0.4, 0.5) is 0 Å². The van der Waals surface area contributed by atoms with Crippen LogP contribution in [0.1, 0.15) is 26.7 Å². The van der Waals surface area contributed by atoms with Gasteiger partial charge >= 0.3 is 0 Å². The molecule has 2 heteroatoms. The van der Waals surface area contributed by atoms with E-state index in [0.717, 1.165) is 13.0 Å². The van der Waals surface area contributed by atoms with Gasteiger partial charge in [-0.2, -0.15) is 0 Å². The van der Waals surface area contributed by atoms with Crippen LogP contribution in [-0.2, 0) is 11.3 Å². The smallest absolute Gasteiger partial charge is 0.0762 e. The highest BCUT2D eigenvalue weighted by Crippen LogP contribution is 2.30. The van der Waals surface area contributed by atoms with Crippen molar-refractivity contribution < 1.29 is 4.74 Å². The average molecular weight is 229 g/mol. The number of hydrogen-bond donors (Lipinski definition) is 0. The van der Waals surface area contributed by atoms with E-state index >= 15 is 0 Å². The third kappa shape index (κ3) is 2.09. The molecule has 2 aromatic rings. The molecule has 0 bridgehead atoms. The standard InChI is InChI=1S/C15H19NO/c1-15(2)9-7-13(17-15)11-16-10-8-12-5-3-4-6-14(12)16/h3-6,8,10,13H,7,9,11H2,1-2H3. The van der Waals surface area contributed by atoms with Crippen molar-refractivity contribution in [2.24, 2.45) is 0 Å². The molecule has 0 spiro atoms. The van der Waals surface area contributed by atoms with Crippen LogP contribution in [0.15, 0.2) is 36.5 Å². The number of benzene rings is 1. The van der Waals surface area contributed by atoms with Gasteiger partial charge < -0.3 is 9.30 Å². The van der Waals surface area contributed by atoms with Crippen molar-refractivity contribution in [2.45, 2.75) is 44.9 Å². The lowest BCUT2D eigenvalue weighted by Crippen LogP contribution is -2.22. The molecule has 0 radical (unpaired) electrons.